The maximum Gasteiger partial charge on any atom is 0.320 e. The molecule has 0 aliphatic rings. The van der Waals surface area contributed by atoms with Crippen molar-refractivity contribution < 1.29 is 14.3 Å². The highest BCUT2D eigenvalue weighted by Gasteiger charge is 2.12. The van der Waals surface area contributed by atoms with E-state index < -0.39 is 0 Å². The fourth-order valence-corrected chi connectivity index (χ4v) is 2.62. The van der Waals surface area contributed by atoms with E-state index in [1.54, 1.807) is 16.7 Å². The van der Waals surface area contributed by atoms with Crippen LogP contribution in [0.2, 0.25) is 0 Å². The zero-order chi connectivity index (χ0) is 16.1. The molecule has 0 rings (SSSR count). The topological polar surface area (TPSA) is 72.6 Å². The Morgan fingerprint density at radius 2 is 1.95 bits per heavy atom. The quantitative estimate of drug-likeness (QED) is 0.411. The van der Waals surface area contributed by atoms with Gasteiger partial charge in [-0.05, 0) is 32.7 Å². The van der Waals surface area contributed by atoms with Crippen LogP contribution in [0.4, 0.5) is 0 Å². The van der Waals surface area contributed by atoms with Gasteiger partial charge in [0.25, 0.3) is 0 Å². The van der Waals surface area contributed by atoms with Crippen molar-refractivity contribution in [2.45, 2.75) is 45.1 Å². The lowest BCUT2D eigenvalue weighted by Gasteiger charge is -2.11. The SMILES string of the molecule is CCCCCC(=O)C(N)CSCCCOC(=O)CN(C)C. The summed E-state index contributed by atoms with van der Waals surface area (Å²) in [6.45, 7) is 2.86. The van der Waals surface area contributed by atoms with Crippen LogP contribution in [-0.4, -0.2) is 61.4 Å². The molecule has 124 valence electrons. The van der Waals surface area contributed by atoms with Crippen molar-refractivity contribution >= 4 is 23.5 Å². The van der Waals surface area contributed by atoms with E-state index in [0.717, 1.165) is 31.4 Å². The molecule has 5 nitrogen and oxygen atoms in total. The molecule has 0 aromatic heterocycles. The van der Waals surface area contributed by atoms with Crippen LogP contribution >= 0.6 is 11.8 Å². The van der Waals surface area contributed by atoms with Gasteiger partial charge in [0.2, 0.25) is 0 Å². The number of carbonyl (C=O) groups excluding carboxylic acids is 2. The fraction of sp³-hybridized carbons (Fsp3) is 0.867. The molecule has 0 radical (unpaired) electrons. The van der Waals surface area contributed by atoms with Crippen molar-refractivity contribution in [2.24, 2.45) is 5.73 Å². The highest BCUT2D eigenvalue weighted by atomic mass is 32.2. The van der Waals surface area contributed by atoms with E-state index in [9.17, 15) is 9.59 Å². The zero-order valence-electron chi connectivity index (χ0n) is 13.6. The summed E-state index contributed by atoms with van der Waals surface area (Å²) in [4.78, 5) is 24.8. The third-order valence-electron chi connectivity index (χ3n) is 2.88. The Hall–Kier alpha value is -0.590. The van der Waals surface area contributed by atoms with Gasteiger partial charge in [-0.1, -0.05) is 19.8 Å². The number of thioether (sulfide) groups is 1. The van der Waals surface area contributed by atoms with Gasteiger partial charge in [-0.25, -0.2) is 0 Å². The number of likely N-dealkylation sites (N-methyl/N-ethyl adjacent to an activating group) is 1. The number of nitrogens with zero attached hydrogens (tertiary/aromatic N) is 1. The summed E-state index contributed by atoms with van der Waals surface area (Å²) >= 11 is 1.65. The van der Waals surface area contributed by atoms with Crippen molar-refractivity contribution in [2.75, 3.05) is 38.8 Å². The molecule has 0 amide bonds. The number of rotatable bonds is 13. The van der Waals surface area contributed by atoms with Crippen molar-refractivity contribution in [3.05, 3.63) is 0 Å². The third-order valence-corrected chi connectivity index (χ3v) is 4.05. The van der Waals surface area contributed by atoms with E-state index in [0.29, 0.717) is 25.3 Å². The van der Waals surface area contributed by atoms with Gasteiger partial charge < -0.3 is 10.5 Å². The molecule has 0 aromatic rings. The number of carbonyl (C=O) groups is 2. The number of ether oxygens (including phenoxy) is 1. The van der Waals surface area contributed by atoms with Crippen molar-refractivity contribution in [3.63, 3.8) is 0 Å². The second-order valence-electron chi connectivity index (χ2n) is 5.42. The molecule has 0 aliphatic carbocycles. The minimum Gasteiger partial charge on any atom is -0.465 e. The average Bonchev–Trinajstić information content (AvgIpc) is 2.41. The highest BCUT2D eigenvalue weighted by Crippen LogP contribution is 2.08. The minimum atomic E-state index is -0.358. The first kappa shape index (κ1) is 20.4. The molecule has 1 atom stereocenters. The van der Waals surface area contributed by atoms with Crippen LogP contribution in [0, 0.1) is 0 Å². The van der Waals surface area contributed by atoms with E-state index in [1.807, 2.05) is 14.1 Å². The van der Waals surface area contributed by atoms with Gasteiger partial charge in [0.1, 0.15) is 5.78 Å². The average molecular weight is 318 g/mol. The molecule has 6 heteroatoms. The zero-order valence-corrected chi connectivity index (χ0v) is 14.4. The minimum absolute atomic E-state index is 0.161. The summed E-state index contributed by atoms with van der Waals surface area (Å²) in [5, 5.41) is 0. The molecule has 0 saturated carbocycles. The number of ketones is 1. The molecule has 0 fully saturated rings. The maximum atomic E-state index is 11.7. The van der Waals surface area contributed by atoms with E-state index in [4.69, 9.17) is 10.5 Å². The number of unbranched alkanes of at least 4 members (excludes halogenated alkanes) is 2. The maximum absolute atomic E-state index is 11.7. The van der Waals surface area contributed by atoms with E-state index in [2.05, 4.69) is 6.92 Å². The smallest absolute Gasteiger partial charge is 0.320 e. The lowest BCUT2D eigenvalue weighted by Crippen LogP contribution is -2.32. The summed E-state index contributed by atoms with van der Waals surface area (Å²) in [5.41, 5.74) is 5.86. The normalized spacial score (nSPS) is 12.4. The lowest BCUT2D eigenvalue weighted by atomic mass is 10.1. The second-order valence-corrected chi connectivity index (χ2v) is 6.57. The van der Waals surface area contributed by atoms with Crippen LogP contribution in [-0.2, 0) is 14.3 Å². The van der Waals surface area contributed by atoms with Gasteiger partial charge in [0.05, 0.1) is 19.2 Å². The Kier molecular flexibility index (Phi) is 12.7. The van der Waals surface area contributed by atoms with Gasteiger partial charge in [0.15, 0.2) is 0 Å². The summed E-state index contributed by atoms with van der Waals surface area (Å²) in [6.07, 6.45) is 4.53. The molecular weight excluding hydrogens is 288 g/mol. The Morgan fingerprint density at radius 3 is 2.57 bits per heavy atom. The standard InChI is InChI=1S/C15H30N2O3S/c1-4-5-6-8-14(18)13(16)12-21-10-7-9-20-15(19)11-17(2)3/h13H,4-12,16H2,1-3H3. The summed E-state index contributed by atoms with van der Waals surface area (Å²) in [5.74, 6) is 1.46. The number of nitrogens with two attached hydrogens (primary N) is 1. The van der Waals surface area contributed by atoms with E-state index in [1.165, 1.54) is 0 Å². The first-order valence-corrected chi connectivity index (χ1v) is 8.79. The molecule has 1 unspecified atom stereocenters. The fourth-order valence-electron chi connectivity index (χ4n) is 1.69. The Bertz CT molecular complexity index is 299. The van der Waals surface area contributed by atoms with Gasteiger partial charge in [0, 0.05) is 12.2 Å². The molecule has 21 heavy (non-hydrogen) atoms. The number of esters is 1. The van der Waals surface area contributed by atoms with E-state index >= 15 is 0 Å². The molecule has 0 spiro atoms. The first-order chi connectivity index (χ1) is 9.97. The monoisotopic (exact) mass is 318 g/mol. The summed E-state index contributed by atoms with van der Waals surface area (Å²) < 4.78 is 5.08. The van der Waals surface area contributed by atoms with Crippen molar-refractivity contribution in [1.29, 1.82) is 0 Å². The summed E-state index contributed by atoms with van der Waals surface area (Å²) in [7, 11) is 3.66. The van der Waals surface area contributed by atoms with Crippen LogP contribution in [0.15, 0.2) is 0 Å². The second kappa shape index (κ2) is 13.1. The molecule has 0 saturated heterocycles. The number of hydrogen-bond acceptors (Lipinski definition) is 6. The predicted octanol–water partition coefficient (Wildman–Crippen LogP) is 1.69. The van der Waals surface area contributed by atoms with Crippen molar-refractivity contribution in [3.8, 4) is 0 Å². The van der Waals surface area contributed by atoms with Crippen LogP contribution in [0.1, 0.15) is 39.0 Å². The van der Waals surface area contributed by atoms with E-state index in [-0.39, 0.29) is 17.8 Å². The van der Waals surface area contributed by atoms with Gasteiger partial charge in [-0.2, -0.15) is 11.8 Å². The van der Waals surface area contributed by atoms with Crippen LogP contribution < -0.4 is 5.73 Å². The Morgan fingerprint density at radius 1 is 1.24 bits per heavy atom. The van der Waals surface area contributed by atoms with Gasteiger partial charge >= 0.3 is 5.97 Å². The van der Waals surface area contributed by atoms with Crippen LogP contribution in [0.25, 0.3) is 0 Å². The molecule has 2 N–H and O–H groups in total. The summed E-state index contributed by atoms with van der Waals surface area (Å²) in [6, 6.07) is -0.358. The van der Waals surface area contributed by atoms with Crippen LogP contribution in [0.3, 0.4) is 0 Å². The van der Waals surface area contributed by atoms with Crippen LogP contribution in [0.5, 0.6) is 0 Å². The first-order valence-electron chi connectivity index (χ1n) is 7.63. The molecule has 0 heterocycles. The van der Waals surface area contributed by atoms with Gasteiger partial charge in [-0.15, -0.1) is 0 Å². The molecule has 0 bridgehead atoms. The predicted molar refractivity (Wildman–Crippen MR) is 88.6 cm³/mol. The molecule has 0 aliphatic heterocycles. The number of hydrogen-bond donors (Lipinski definition) is 1. The Balaban J connectivity index is 3.49. The van der Waals surface area contributed by atoms with Crippen molar-refractivity contribution in [1.82, 2.24) is 4.90 Å². The third kappa shape index (κ3) is 12.8. The molecular formula is C15H30N2O3S. The lowest BCUT2D eigenvalue weighted by molar-refractivity contribution is -0.144. The number of Topliss-reactive ketones (excluding diaryl/α,β-unsaturated/α-hetero) is 1. The van der Waals surface area contributed by atoms with Gasteiger partial charge in [-0.3, -0.25) is 14.5 Å². The Labute approximate surface area is 133 Å². The molecule has 0 aromatic carbocycles. The highest BCUT2D eigenvalue weighted by molar-refractivity contribution is 7.99. The largest absolute Gasteiger partial charge is 0.465 e.